The van der Waals surface area contributed by atoms with Crippen molar-refractivity contribution in [2.75, 3.05) is 6.61 Å². The van der Waals surface area contributed by atoms with Gasteiger partial charge in [0, 0.05) is 17.5 Å². The summed E-state index contributed by atoms with van der Waals surface area (Å²) in [5.41, 5.74) is 4.50. The van der Waals surface area contributed by atoms with Crippen LogP contribution in [0, 0.1) is 0 Å². The molecular formula is C21H20O2. The Morgan fingerprint density at radius 3 is 2.39 bits per heavy atom. The molecule has 0 amide bonds. The molecule has 116 valence electrons. The first-order chi connectivity index (χ1) is 11.3. The third-order valence-electron chi connectivity index (χ3n) is 3.74. The summed E-state index contributed by atoms with van der Waals surface area (Å²) < 4.78 is 11.3. The van der Waals surface area contributed by atoms with Gasteiger partial charge in [-0.25, -0.2) is 0 Å². The Kier molecular flexibility index (Phi) is 4.62. The third-order valence-corrected chi connectivity index (χ3v) is 3.74. The maximum absolute atomic E-state index is 5.82. The average molecular weight is 304 g/mol. The van der Waals surface area contributed by atoms with Gasteiger partial charge in [-0.15, -0.1) is 6.58 Å². The van der Waals surface area contributed by atoms with E-state index in [-0.39, 0.29) is 0 Å². The van der Waals surface area contributed by atoms with E-state index in [9.17, 15) is 0 Å². The van der Waals surface area contributed by atoms with Gasteiger partial charge >= 0.3 is 0 Å². The zero-order valence-electron chi connectivity index (χ0n) is 13.3. The number of allylic oxidation sites excluding steroid dienone is 1. The molecule has 2 nitrogen and oxygen atoms in total. The fourth-order valence-corrected chi connectivity index (χ4v) is 2.71. The van der Waals surface area contributed by atoms with Crippen molar-refractivity contribution >= 4 is 0 Å². The van der Waals surface area contributed by atoms with E-state index in [1.807, 2.05) is 49.6 Å². The first-order valence-corrected chi connectivity index (χ1v) is 7.83. The lowest BCUT2D eigenvalue weighted by Gasteiger charge is -2.07. The molecule has 0 saturated heterocycles. The summed E-state index contributed by atoms with van der Waals surface area (Å²) in [6.45, 7) is 6.48. The molecule has 0 spiro atoms. The Bertz CT molecular complexity index is 767. The number of hydrogen-bond donors (Lipinski definition) is 0. The molecule has 0 aliphatic rings. The van der Waals surface area contributed by atoms with Crippen LogP contribution in [0.3, 0.4) is 0 Å². The SMILES string of the molecule is C=CCc1occ(-c2ccc(OCC)cc2)c1-c1ccccc1. The van der Waals surface area contributed by atoms with Gasteiger partial charge in [-0.3, -0.25) is 0 Å². The van der Waals surface area contributed by atoms with Crippen molar-refractivity contribution in [2.24, 2.45) is 0 Å². The van der Waals surface area contributed by atoms with Gasteiger partial charge in [-0.05, 0) is 30.2 Å². The first kappa shape index (κ1) is 15.2. The molecule has 2 aromatic carbocycles. The summed E-state index contributed by atoms with van der Waals surface area (Å²) in [6.07, 6.45) is 4.41. The van der Waals surface area contributed by atoms with E-state index < -0.39 is 0 Å². The number of benzene rings is 2. The number of rotatable bonds is 6. The number of ether oxygens (including phenoxy) is 1. The maximum Gasteiger partial charge on any atom is 0.119 e. The molecule has 1 aromatic heterocycles. The minimum absolute atomic E-state index is 0.670. The van der Waals surface area contributed by atoms with Crippen molar-refractivity contribution in [1.82, 2.24) is 0 Å². The second-order valence-corrected chi connectivity index (χ2v) is 5.26. The molecule has 2 heteroatoms. The highest BCUT2D eigenvalue weighted by atomic mass is 16.5. The van der Waals surface area contributed by atoms with Crippen molar-refractivity contribution in [3.05, 3.63) is 79.3 Å². The molecule has 3 aromatic rings. The van der Waals surface area contributed by atoms with Gasteiger partial charge in [-0.2, -0.15) is 0 Å². The highest BCUT2D eigenvalue weighted by Crippen LogP contribution is 2.37. The Morgan fingerprint density at radius 2 is 1.74 bits per heavy atom. The fourth-order valence-electron chi connectivity index (χ4n) is 2.71. The van der Waals surface area contributed by atoms with Gasteiger partial charge < -0.3 is 9.15 Å². The quantitative estimate of drug-likeness (QED) is 0.542. The van der Waals surface area contributed by atoms with Gasteiger partial charge in [0.05, 0.1) is 12.9 Å². The van der Waals surface area contributed by atoms with Crippen LogP contribution in [0.4, 0.5) is 0 Å². The van der Waals surface area contributed by atoms with Crippen LogP contribution < -0.4 is 4.74 Å². The summed E-state index contributed by atoms with van der Waals surface area (Å²) in [5, 5.41) is 0. The maximum atomic E-state index is 5.82. The zero-order valence-corrected chi connectivity index (χ0v) is 13.3. The summed E-state index contributed by atoms with van der Waals surface area (Å²) >= 11 is 0. The van der Waals surface area contributed by atoms with E-state index in [4.69, 9.17) is 9.15 Å². The van der Waals surface area contributed by atoms with Crippen molar-refractivity contribution in [3.63, 3.8) is 0 Å². The molecule has 0 aliphatic heterocycles. The lowest BCUT2D eigenvalue weighted by molar-refractivity contribution is 0.340. The van der Waals surface area contributed by atoms with Gasteiger partial charge in [0.25, 0.3) is 0 Å². The molecule has 0 saturated carbocycles. The molecule has 0 aliphatic carbocycles. The normalized spacial score (nSPS) is 10.5. The van der Waals surface area contributed by atoms with Crippen LogP contribution in [0.2, 0.25) is 0 Å². The van der Waals surface area contributed by atoms with E-state index in [2.05, 4.69) is 30.8 Å². The fraction of sp³-hybridized carbons (Fsp3) is 0.143. The Labute approximate surface area is 137 Å². The van der Waals surface area contributed by atoms with Crippen LogP contribution in [0.5, 0.6) is 5.75 Å². The minimum Gasteiger partial charge on any atom is -0.494 e. The Balaban J connectivity index is 2.07. The van der Waals surface area contributed by atoms with Crippen LogP contribution >= 0.6 is 0 Å². The summed E-state index contributed by atoms with van der Waals surface area (Å²) in [7, 11) is 0. The van der Waals surface area contributed by atoms with Crippen molar-refractivity contribution < 1.29 is 9.15 Å². The summed E-state index contributed by atoms with van der Waals surface area (Å²) in [5.74, 6) is 1.82. The van der Waals surface area contributed by atoms with Crippen molar-refractivity contribution in [3.8, 4) is 28.0 Å². The highest BCUT2D eigenvalue weighted by molar-refractivity contribution is 5.84. The molecule has 0 atom stereocenters. The monoisotopic (exact) mass is 304 g/mol. The Hall–Kier alpha value is -2.74. The van der Waals surface area contributed by atoms with Crippen LogP contribution in [-0.2, 0) is 6.42 Å². The molecular weight excluding hydrogens is 284 g/mol. The predicted octanol–water partition coefficient (Wildman–Crippen LogP) is 5.74. The van der Waals surface area contributed by atoms with Gasteiger partial charge in [-0.1, -0.05) is 48.5 Å². The average Bonchev–Trinajstić information content (AvgIpc) is 3.01. The number of hydrogen-bond acceptors (Lipinski definition) is 2. The number of furan rings is 1. The summed E-state index contributed by atoms with van der Waals surface area (Å²) in [6, 6.07) is 18.4. The van der Waals surface area contributed by atoms with Crippen LogP contribution in [0.25, 0.3) is 22.3 Å². The second-order valence-electron chi connectivity index (χ2n) is 5.26. The van der Waals surface area contributed by atoms with Gasteiger partial charge in [0.15, 0.2) is 0 Å². The van der Waals surface area contributed by atoms with Gasteiger partial charge in [0.1, 0.15) is 11.5 Å². The van der Waals surface area contributed by atoms with E-state index in [1.165, 1.54) is 0 Å². The lowest BCUT2D eigenvalue weighted by Crippen LogP contribution is -1.91. The molecule has 1 heterocycles. The molecule has 3 rings (SSSR count). The predicted molar refractivity (Wildman–Crippen MR) is 94.7 cm³/mol. The molecule has 0 bridgehead atoms. The topological polar surface area (TPSA) is 22.4 Å². The molecule has 0 N–H and O–H groups in total. The smallest absolute Gasteiger partial charge is 0.119 e. The second kappa shape index (κ2) is 7.01. The van der Waals surface area contributed by atoms with Gasteiger partial charge in [0.2, 0.25) is 0 Å². The largest absolute Gasteiger partial charge is 0.494 e. The van der Waals surface area contributed by atoms with Crippen LogP contribution in [0.1, 0.15) is 12.7 Å². The van der Waals surface area contributed by atoms with Crippen molar-refractivity contribution in [1.29, 1.82) is 0 Å². The third kappa shape index (κ3) is 3.21. The van der Waals surface area contributed by atoms with E-state index in [0.717, 1.165) is 33.8 Å². The molecule has 0 fully saturated rings. The highest BCUT2D eigenvalue weighted by Gasteiger charge is 2.16. The first-order valence-electron chi connectivity index (χ1n) is 7.83. The van der Waals surface area contributed by atoms with E-state index >= 15 is 0 Å². The Morgan fingerprint density at radius 1 is 1.00 bits per heavy atom. The molecule has 0 radical (unpaired) electrons. The lowest BCUT2D eigenvalue weighted by atomic mass is 9.96. The standard InChI is InChI=1S/C21H20O2/c1-3-8-20-21(17-9-6-5-7-10-17)19(15-23-20)16-11-13-18(14-12-16)22-4-2/h3,5-7,9-15H,1,4,8H2,2H3. The van der Waals surface area contributed by atoms with Crippen molar-refractivity contribution in [2.45, 2.75) is 13.3 Å². The van der Waals surface area contributed by atoms with Crippen LogP contribution in [0.15, 0.2) is 77.9 Å². The van der Waals surface area contributed by atoms with Crippen LogP contribution in [-0.4, -0.2) is 6.61 Å². The molecule has 23 heavy (non-hydrogen) atoms. The zero-order chi connectivity index (χ0) is 16.1. The van der Waals surface area contributed by atoms with E-state index in [1.54, 1.807) is 0 Å². The molecule has 0 unspecified atom stereocenters. The minimum atomic E-state index is 0.670. The summed E-state index contributed by atoms with van der Waals surface area (Å²) in [4.78, 5) is 0. The van der Waals surface area contributed by atoms with E-state index in [0.29, 0.717) is 13.0 Å².